The molecule has 0 spiro atoms. The Labute approximate surface area is 72.3 Å². The van der Waals surface area contributed by atoms with Gasteiger partial charge in [0.25, 0.3) is 0 Å². The predicted octanol–water partition coefficient (Wildman–Crippen LogP) is 1.61. The van der Waals surface area contributed by atoms with Gasteiger partial charge in [0, 0.05) is 6.04 Å². The monoisotopic (exact) mass is 163 g/mol. The van der Waals surface area contributed by atoms with Crippen molar-refractivity contribution in [2.24, 2.45) is 5.73 Å². The highest BCUT2D eigenvalue weighted by molar-refractivity contribution is 5.32. The summed E-state index contributed by atoms with van der Waals surface area (Å²) < 4.78 is 5.56. The highest BCUT2D eigenvalue weighted by Crippen LogP contribution is 2.31. The minimum Gasteiger partial charge on any atom is -0.367 e. The molecule has 0 amide bonds. The Morgan fingerprint density at radius 3 is 3.00 bits per heavy atom. The van der Waals surface area contributed by atoms with Gasteiger partial charge in [-0.2, -0.15) is 0 Å². The molecule has 2 atom stereocenters. The fourth-order valence-electron chi connectivity index (χ4n) is 1.65. The van der Waals surface area contributed by atoms with E-state index >= 15 is 0 Å². The van der Waals surface area contributed by atoms with E-state index in [1.54, 1.807) is 0 Å². The quantitative estimate of drug-likeness (QED) is 0.682. The zero-order chi connectivity index (χ0) is 8.55. The van der Waals surface area contributed by atoms with Gasteiger partial charge in [-0.25, -0.2) is 0 Å². The van der Waals surface area contributed by atoms with Crippen LogP contribution in [-0.4, -0.2) is 6.04 Å². The lowest BCUT2D eigenvalue weighted by molar-refractivity contribution is 0.0517. The normalized spacial score (nSPS) is 23.7. The fourth-order valence-corrected chi connectivity index (χ4v) is 1.65. The molecular formula is C10H13NO. The molecule has 1 heterocycles. The molecule has 0 aromatic heterocycles. The Morgan fingerprint density at radius 1 is 1.50 bits per heavy atom. The van der Waals surface area contributed by atoms with Gasteiger partial charge in [0.1, 0.15) is 0 Å². The Bertz CT molecular complexity index is 283. The smallest absolute Gasteiger partial charge is 0.0981 e. The van der Waals surface area contributed by atoms with Crippen LogP contribution < -0.4 is 5.73 Å². The molecule has 0 bridgehead atoms. The zero-order valence-electron chi connectivity index (χ0n) is 7.16. The molecule has 0 fully saturated rings. The van der Waals surface area contributed by atoms with Crippen molar-refractivity contribution in [1.29, 1.82) is 0 Å². The Morgan fingerprint density at radius 2 is 2.25 bits per heavy atom. The lowest BCUT2D eigenvalue weighted by Crippen LogP contribution is -2.24. The van der Waals surface area contributed by atoms with E-state index in [0.717, 1.165) is 0 Å². The predicted molar refractivity (Wildman–Crippen MR) is 47.6 cm³/mol. The molecule has 12 heavy (non-hydrogen) atoms. The van der Waals surface area contributed by atoms with E-state index in [1.165, 1.54) is 11.1 Å². The summed E-state index contributed by atoms with van der Waals surface area (Å²) in [5.74, 6) is 0. The van der Waals surface area contributed by atoms with E-state index in [2.05, 4.69) is 12.1 Å². The maximum atomic E-state index is 5.79. The lowest BCUT2D eigenvalue weighted by Gasteiger charge is -2.14. The van der Waals surface area contributed by atoms with Crippen LogP contribution in [-0.2, 0) is 11.3 Å². The number of nitrogens with two attached hydrogens (primary N) is 1. The first-order chi connectivity index (χ1) is 5.79. The second-order valence-electron chi connectivity index (χ2n) is 3.29. The maximum Gasteiger partial charge on any atom is 0.0981 e. The van der Waals surface area contributed by atoms with Crippen molar-refractivity contribution < 1.29 is 4.74 Å². The minimum absolute atomic E-state index is 0.0775. The molecule has 1 aliphatic rings. The van der Waals surface area contributed by atoms with E-state index in [4.69, 9.17) is 10.5 Å². The third kappa shape index (κ3) is 1.13. The van der Waals surface area contributed by atoms with Gasteiger partial charge in [-0.3, -0.25) is 0 Å². The van der Waals surface area contributed by atoms with Crippen molar-refractivity contribution in [3.8, 4) is 0 Å². The standard InChI is InChI=1S/C10H13NO/c1-7(11)10-9-5-3-2-4-8(9)6-12-10/h2-5,7,10H,6,11H2,1H3. The number of hydrogen-bond donors (Lipinski definition) is 1. The molecule has 64 valence electrons. The van der Waals surface area contributed by atoms with Crippen molar-refractivity contribution in [2.75, 3.05) is 0 Å². The van der Waals surface area contributed by atoms with Crippen molar-refractivity contribution in [2.45, 2.75) is 25.7 Å². The zero-order valence-corrected chi connectivity index (χ0v) is 7.16. The number of rotatable bonds is 1. The van der Waals surface area contributed by atoms with Gasteiger partial charge in [-0.1, -0.05) is 24.3 Å². The summed E-state index contributed by atoms with van der Waals surface area (Å²) in [7, 11) is 0. The van der Waals surface area contributed by atoms with E-state index in [1.807, 2.05) is 19.1 Å². The molecule has 0 saturated carbocycles. The van der Waals surface area contributed by atoms with Gasteiger partial charge in [0.15, 0.2) is 0 Å². The summed E-state index contributed by atoms with van der Waals surface area (Å²) >= 11 is 0. The number of ether oxygens (including phenoxy) is 1. The Balaban J connectivity index is 2.36. The van der Waals surface area contributed by atoms with E-state index < -0.39 is 0 Å². The van der Waals surface area contributed by atoms with Crippen molar-refractivity contribution in [3.63, 3.8) is 0 Å². The van der Waals surface area contributed by atoms with Crippen LogP contribution in [0.3, 0.4) is 0 Å². The summed E-state index contributed by atoms with van der Waals surface area (Å²) in [5, 5.41) is 0. The van der Waals surface area contributed by atoms with Gasteiger partial charge in [0.05, 0.1) is 12.7 Å². The van der Waals surface area contributed by atoms with Gasteiger partial charge < -0.3 is 10.5 Å². The molecule has 0 aliphatic carbocycles. The van der Waals surface area contributed by atoms with Crippen LogP contribution in [0.5, 0.6) is 0 Å². The summed E-state index contributed by atoms with van der Waals surface area (Å²) in [6.45, 7) is 2.69. The van der Waals surface area contributed by atoms with E-state index in [9.17, 15) is 0 Å². The fraction of sp³-hybridized carbons (Fsp3) is 0.400. The largest absolute Gasteiger partial charge is 0.367 e. The molecule has 2 rings (SSSR count). The number of benzene rings is 1. The highest BCUT2D eigenvalue weighted by atomic mass is 16.5. The van der Waals surface area contributed by atoms with Gasteiger partial charge >= 0.3 is 0 Å². The minimum atomic E-state index is 0.0775. The number of fused-ring (bicyclic) bond motifs is 1. The Hall–Kier alpha value is -0.860. The van der Waals surface area contributed by atoms with Crippen LogP contribution in [0.4, 0.5) is 0 Å². The molecule has 1 aromatic rings. The first-order valence-electron chi connectivity index (χ1n) is 4.24. The molecule has 0 saturated heterocycles. The summed E-state index contributed by atoms with van der Waals surface area (Å²) in [5.41, 5.74) is 8.32. The van der Waals surface area contributed by atoms with E-state index in [-0.39, 0.29) is 12.1 Å². The Kier molecular flexibility index (Phi) is 1.87. The molecule has 1 aromatic carbocycles. The SMILES string of the molecule is CC(N)C1OCc2ccccc21. The topological polar surface area (TPSA) is 35.2 Å². The van der Waals surface area contributed by atoms with Crippen LogP contribution in [0.25, 0.3) is 0 Å². The molecule has 2 N–H and O–H groups in total. The van der Waals surface area contributed by atoms with E-state index in [0.29, 0.717) is 6.61 Å². The second kappa shape index (κ2) is 2.88. The average Bonchev–Trinajstić information content (AvgIpc) is 2.47. The van der Waals surface area contributed by atoms with Crippen molar-refractivity contribution in [1.82, 2.24) is 0 Å². The third-order valence-electron chi connectivity index (χ3n) is 2.26. The van der Waals surface area contributed by atoms with Gasteiger partial charge in [-0.05, 0) is 18.1 Å². The molecule has 2 unspecified atom stereocenters. The van der Waals surface area contributed by atoms with Crippen LogP contribution in [0.1, 0.15) is 24.2 Å². The summed E-state index contributed by atoms with van der Waals surface area (Å²) in [6.07, 6.45) is 0.0983. The summed E-state index contributed by atoms with van der Waals surface area (Å²) in [6, 6.07) is 8.33. The first-order valence-corrected chi connectivity index (χ1v) is 4.24. The molecule has 0 radical (unpaired) electrons. The second-order valence-corrected chi connectivity index (χ2v) is 3.29. The van der Waals surface area contributed by atoms with Gasteiger partial charge in [-0.15, -0.1) is 0 Å². The van der Waals surface area contributed by atoms with Crippen LogP contribution in [0, 0.1) is 0 Å². The maximum absolute atomic E-state index is 5.79. The summed E-state index contributed by atoms with van der Waals surface area (Å²) in [4.78, 5) is 0. The molecule has 2 nitrogen and oxygen atoms in total. The van der Waals surface area contributed by atoms with Gasteiger partial charge in [0.2, 0.25) is 0 Å². The van der Waals surface area contributed by atoms with Crippen LogP contribution in [0.2, 0.25) is 0 Å². The van der Waals surface area contributed by atoms with Crippen LogP contribution >= 0.6 is 0 Å². The first kappa shape index (κ1) is 7.77. The molecule has 2 heteroatoms. The third-order valence-corrected chi connectivity index (χ3v) is 2.26. The highest BCUT2D eigenvalue weighted by Gasteiger charge is 2.25. The van der Waals surface area contributed by atoms with Crippen molar-refractivity contribution in [3.05, 3.63) is 35.4 Å². The van der Waals surface area contributed by atoms with Crippen molar-refractivity contribution >= 4 is 0 Å². The average molecular weight is 163 g/mol. The molecular weight excluding hydrogens is 150 g/mol. The molecule has 1 aliphatic heterocycles. The lowest BCUT2D eigenvalue weighted by atomic mass is 10.0. The van der Waals surface area contributed by atoms with Crippen LogP contribution in [0.15, 0.2) is 24.3 Å². The number of hydrogen-bond acceptors (Lipinski definition) is 2.